The van der Waals surface area contributed by atoms with Crippen LogP contribution in [0.2, 0.25) is 0 Å². The predicted molar refractivity (Wildman–Crippen MR) is 84.2 cm³/mol. The third-order valence-electron chi connectivity index (χ3n) is 3.51. The van der Waals surface area contributed by atoms with Gasteiger partial charge in [-0.15, -0.1) is 0 Å². The first-order valence-electron chi connectivity index (χ1n) is 7.19. The van der Waals surface area contributed by atoms with Crippen LogP contribution in [0, 0.1) is 12.7 Å². The summed E-state index contributed by atoms with van der Waals surface area (Å²) in [6.07, 6.45) is 0. The minimum absolute atomic E-state index is 0.158. The number of carbonyl (C=O) groups is 1. The smallest absolute Gasteiger partial charge is 0.251 e. The molecule has 0 saturated carbocycles. The van der Waals surface area contributed by atoms with Crippen LogP contribution >= 0.6 is 0 Å². The van der Waals surface area contributed by atoms with Gasteiger partial charge in [-0.1, -0.05) is 23.4 Å². The first-order valence-corrected chi connectivity index (χ1v) is 7.19. The monoisotopic (exact) mass is 310 g/mol. The van der Waals surface area contributed by atoms with Gasteiger partial charge in [0.1, 0.15) is 11.5 Å². The molecule has 0 spiro atoms. The van der Waals surface area contributed by atoms with Crippen molar-refractivity contribution in [2.45, 2.75) is 13.5 Å². The fraction of sp³-hybridized carbons (Fsp3) is 0.111. The van der Waals surface area contributed by atoms with Crippen molar-refractivity contribution in [3.63, 3.8) is 0 Å². The predicted octanol–water partition coefficient (Wildman–Crippen LogP) is 3.72. The molecule has 5 heteroatoms. The van der Waals surface area contributed by atoms with E-state index in [1.165, 1.54) is 12.1 Å². The van der Waals surface area contributed by atoms with Gasteiger partial charge in [0.05, 0.1) is 6.54 Å². The van der Waals surface area contributed by atoms with E-state index in [9.17, 15) is 9.18 Å². The van der Waals surface area contributed by atoms with E-state index < -0.39 is 0 Å². The number of halogens is 1. The van der Waals surface area contributed by atoms with Gasteiger partial charge in [-0.05, 0) is 42.8 Å². The summed E-state index contributed by atoms with van der Waals surface area (Å²) in [6, 6.07) is 15.1. The number of hydrogen-bond acceptors (Lipinski definition) is 3. The van der Waals surface area contributed by atoms with Gasteiger partial charge < -0.3 is 9.84 Å². The highest BCUT2D eigenvalue weighted by molar-refractivity contribution is 5.95. The van der Waals surface area contributed by atoms with Gasteiger partial charge in [0.2, 0.25) is 0 Å². The Labute approximate surface area is 132 Å². The summed E-state index contributed by atoms with van der Waals surface area (Å²) in [6.45, 7) is 2.15. The molecule has 0 aliphatic heterocycles. The van der Waals surface area contributed by atoms with Gasteiger partial charge in [-0.25, -0.2) is 4.39 Å². The fourth-order valence-corrected chi connectivity index (χ4v) is 2.24. The van der Waals surface area contributed by atoms with Crippen LogP contribution in [0.4, 0.5) is 4.39 Å². The first-order chi connectivity index (χ1) is 11.1. The normalized spacial score (nSPS) is 10.5. The van der Waals surface area contributed by atoms with Crippen molar-refractivity contribution in [1.29, 1.82) is 0 Å². The molecular formula is C18H15FN2O2. The minimum Gasteiger partial charge on any atom is -0.356 e. The van der Waals surface area contributed by atoms with Crippen LogP contribution in [0.15, 0.2) is 59.1 Å². The van der Waals surface area contributed by atoms with E-state index >= 15 is 0 Å². The number of carbonyl (C=O) groups excluding carboxylic acids is 1. The molecular weight excluding hydrogens is 295 g/mol. The maximum absolute atomic E-state index is 12.9. The Kier molecular flexibility index (Phi) is 4.19. The molecule has 0 saturated heterocycles. The molecule has 1 aromatic heterocycles. The Morgan fingerprint density at radius 3 is 2.65 bits per heavy atom. The molecule has 0 bridgehead atoms. The highest BCUT2D eigenvalue weighted by Crippen LogP contribution is 2.20. The Balaban J connectivity index is 1.67. The Morgan fingerprint density at radius 2 is 1.91 bits per heavy atom. The molecule has 0 fully saturated rings. The Hall–Kier alpha value is -2.95. The number of amides is 1. The van der Waals surface area contributed by atoms with E-state index in [0.717, 1.165) is 11.1 Å². The fourth-order valence-electron chi connectivity index (χ4n) is 2.24. The second-order valence-electron chi connectivity index (χ2n) is 5.19. The molecule has 1 heterocycles. The van der Waals surface area contributed by atoms with Crippen molar-refractivity contribution >= 4 is 5.91 Å². The van der Waals surface area contributed by atoms with Gasteiger partial charge in [0, 0.05) is 17.2 Å². The second-order valence-corrected chi connectivity index (χ2v) is 5.19. The third-order valence-corrected chi connectivity index (χ3v) is 3.51. The largest absolute Gasteiger partial charge is 0.356 e. The summed E-state index contributed by atoms with van der Waals surface area (Å²) in [5, 5.41) is 6.73. The average molecular weight is 310 g/mol. The van der Waals surface area contributed by atoms with Crippen LogP contribution in [0.5, 0.6) is 0 Å². The van der Waals surface area contributed by atoms with Gasteiger partial charge in [0.25, 0.3) is 5.91 Å². The zero-order valence-electron chi connectivity index (χ0n) is 12.5. The number of aryl methyl sites for hydroxylation is 1. The number of nitrogens with zero attached hydrogens (tertiary/aromatic N) is 1. The van der Waals surface area contributed by atoms with E-state index in [2.05, 4.69) is 10.5 Å². The van der Waals surface area contributed by atoms with Crippen molar-refractivity contribution in [3.8, 4) is 11.3 Å². The molecule has 0 aliphatic rings. The molecule has 0 radical (unpaired) electrons. The SMILES string of the molecule is Cc1ccccc1C(=O)NCc1cc(-c2ccc(F)cc2)on1. The zero-order valence-corrected chi connectivity index (χ0v) is 12.5. The quantitative estimate of drug-likeness (QED) is 0.799. The maximum Gasteiger partial charge on any atom is 0.251 e. The number of aromatic nitrogens is 1. The number of nitrogens with one attached hydrogen (secondary N) is 1. The maximum atomic E-state index is 12.9. The first kappa shape index (κ1) is 15.0. The Morgan fingerprint density at radius 1 is 1.17 bits per heavy atom. The molecule has 23 heavy (non-hydrogen) atoms. The number of rotatable bonds is 4. The van der Waals surface area contributed by atoms with E-state index in [4.69, 9.17) is 4.52 Å². The molecule has 116 valence electrons. The van der Waals surface area contributed by atoms with E-state index in [0.29, 0.717) is 17.0 Å². The number of hydrogen-bond donors (Lipinski definition) is 1. The lowest BCUT2D eigenvalue weighted by atomic mass is 10.1. The molecule has 4 nitrogen and oxygen atoms in total. The third kappa shape index (κ3) is 3.45. The zero-order chi connectivity index (χ0) is 16.2. The van der Waals surface area contributed by atoms with Crippen molar-refractivity contribution in [3.05, 3.63) is 77.2 Å². The van der Waals surface area contributed by atoms with Crippen molar-refractivity contribution in [1.82, 2.24) is 10.5 Å². The molecule has 1 N–H and O–H groups in total. The van der Waals surface area contributed by atoms with Gasteiger partial charge >= 0.3 is 0 Å². The van der Waals surface area contributed by atoms with Crippen molar-refractivity contribution in [2.24, 2.45) is 0 Å². The van der Waals surface area contributed by atoms with Crippen LogP contribution in [-0.2, 0) is 6.54 Å². The topological polar surface area (TPSA) is 55.1 Å². The standard InChI is InChI=1S/C18H15FN2O2/c1-12-4-2-3-5-16(12)18(22)20-11-15-10-17(23-21-15)13-6-8-14(19)9-7-13/h2-10H,11H2,1H3,(H,20,22). The summed E-state index contributed by atoms with van der Waals surface area (Å²) in [5.74, 6) is 0.0681. The highest BCUT2D eigenvalue weighted by Gasteiger charge is 2.10. The lowest BCUT2D eigenvalue weighted by Gasteiger charge is -2.05. The van der Waals surface area contributed by atoms with E-state index in [1.54, 1.807) is 24.3 Å². The Bertz CT molecular complexity index is 825. The molecule has 1 amide bonds. The van der Waals surface area contributed by atoms with Crippen molar-refractivity contribution < 1.29 is 13.7 Å². The second kappa shape index (κ2) is 6.44. The van der Waals surface area contributed by atoms with Crippen LogP contribution in [-0.4, -0.2) is 11.1 Å². The van der Waals surface area contributed by atoms with Crippen LogP contribution < -0.4 is 5.32 Å². The molecule has 3 aromatic rings. The summed E-state index contributed by atoms with van der Waals surface area (Å²) in [7, 11) is 0. The summed E-state index contributed by atoms with van der Waals surface area (Å²) in [4.78, 5) is 12.1. The average Bonchev–Trinajstić information content (AvgIpc) is 3.03. The molecule has 0 aliphatic carbocycles. The van der Waals surface area contributed by atoms with Crippen LogP contribution in [0.25, 0.3) is 11.3 Å². The molecule has 0 atom stereocenters. The van der Waals surface area contributed by atoms with Crippen LogP contribution in [0.3, 0.4) is 0 Å². The highest BCUT2D eigenvalue weighted by atomic mass is 19.1. The lowest BCUT2D eigenvalue weighted by molar-refractivity contribution is 0.0949. The lowest BCUT2D eigenvalue weighted by Crippen LogP contribution is -2.23. The minimum atomic E-state index is -0.306. The van der Waals surface area contributed by atoms with Crippen molar-refractivity contribution in [2.75, 3.05) is 0 Å². The molecule has 3 rings (SSSR count). The molecule has 2 aromatic carbocycles. The van der Waals surface area contributed by atoms with Gasteiger partial charge in [-0.2, -0.15) is 0 Å². The molecule has 0 unspecified atom stereocenters. The summed E-state index contributed by atoms with van der Waals surface area (Å²) >= 11 is 0. The van der Waals surface area contributed by atoms with Crippen LogP contribution in [0.1, 0.15) is 21.6 Å². The van der Waals surface area contributed by atoms with E-state index in [-0.39, 0.29) is 18.3 Å². The summed E-state index contributed by atoms with van der Waals surface area (Å²) in [5.41, 5.74) is 2.88. The van der Waals surface area contributed by atoms with Gasteiger partial charge in [0.15, 0.2) is 5.76 Å². The van der Waals surface area contributed by atoms with E-state index in [1.807, 2.05) is 25.1 Å². The van der Waals surface area contributed by atoms with Gasteiger partial charge in [-0.3, -0.25) is 4.79 Å². The summed E-state index contributed by atoms with van der Waals surface area (Å²) < 4.78 is 18.1. The number of benzene rings is 2.